The van der Waals surface area contributed by atoms with Crippen LogP contribution in [0.1, 0.15) is 12.5 Å². The Balaban J connectivity index is 2.33. The van der Waals surface area contributed by atoms with Crippen LogP contribution in [0.25, 0.3) is 10.2 Å². The van der Waals surface area contributed by atoms with Crippen molar-refractivity contribution in [1.29, 1.82) is 0 Å². The van der Waals surface area contributed by atoms with Crippen molar-refractivity contribution in [2.24, 2.45) is 5.73 Å². The van der Waals surface area contributed by atoms with E-state index in [0.717, 1.165) is 15.8 Å². The van der Waals surface area contributed by atoms with Crippen molar-refractivity contribution in [1.82, 2.24) is 4.98 Å². The second-order valence-corrected chi connectivity index (χ2v) is 4.75. The quantitative estimate of drug-likeness (QED) is 0.835. The number of nitrogens with one attached hydrogen (secondary N) is 1. The smallest absolute Gasteiger partial charge is 0.242 e. The predicted molar refractivity (Wildman–Crippen MR) is 66.6 cm³/mol. The maximum atomic E-state index is 11.4. The lowest BCUT2D eigenvalue weighted by atomic mass is 10.2. The number of anilines is 1. The van der Waals surface area contributed by atoms with E-state index in [0.29, 0.717) is 5.13 Å². The summed E-state index contributed by atoms with van der Waals surface area (Å²) in [6.45, 7) is 3.65. The Morgan fingerprint density at radius 3 is 2.94 bits per heavy atom. The van der Waals surface area contributed by atoms with Gasteiger partial charge in [-0.25, -0.2) is 4.98 Å². The van der Waals surface area contributed by atoms with E-state index in [1.807, 2.05) is 25.1 Å². The van der Waals surface area contributed by atoms with E-state index in [2.05, 4.69) is 10.3 Å². The Labute approximate surface area is 97.5 Å². The number of carbonyl (C=O) groups is 1. The van der Waals surface area contributed by atoms with E-state index in [-0.39, 0.29) is 5.91 Å². The lowest BCUT2D eigenvalue weighted by Crippen LogP contribution is -2.32. The van der Waals surface area contributed by atoms with Crippen molar-refractivity contribution < 1.29 is 4.79 Å². The van der Waals surface area contributed by atoms with Gasteiger partial charge in [-0.2, -0.15) is 0 Å². The summed E-state index contributed by atoms with van der Waals surface area (Å²) in [6.07, 6.45) is 0. The average Bonchev–Trinajstić information content (AvgIpc) is 2.61. The molecule has 3 N–H and O–H groups in total. The van der Waals surface area contributed by atoms with Crippen molar-refractivity contribution in [2.45, 2.75) is 19.9 Å². The Bertz CT molecular complexity index is 533. The highest BCUT2D eigenvalue weighted by Crippen LogP contribution is 2.27. The number of benzene rings is 1. The first-order valence-electron chi connectivity index (χ1n) is 5.00. The van der Waals surface area contributed by atoms with Crippen LogP contribution in [-0.2, 0) is 4.79 Å². The van der Waals surface area contributed by atoms with Gasteiger partial charge in [0.2, 0.25) is 5.91 Å². The minimum Gasteiger partial charge on any atom is -0.320 e. The van der Waals surface area contributed by atoms with Crippen LogP contribution in [0.4, 0.5) is 5.13 Å². The molecule has 1 atom stereocenters. The monoisotopic (exact) mass is 235 g/mol. The molecule has 1 aromatic carbocycles. The van der Waals surface area contributed by atoms with Gasteiger partial charge in [0.25, 0.3) is 0 Å². The predicted octanol–water partition coefficient (Wildman–Crippen LogP) is 1.89. The lowest BCUT2D eigenvalue weighted by Gasteiger charge is -2.03. The molecular formula is C11H13N3OS. The summed E-state index contributed by atoms with van der Waals surface area (Å²) in [6, 6.07) is 5.45. The molecule has 0 saturated carbocycles. The molecule has 1 heterocycles. The SMILES string of the molecule is Cc1cccc2sc(NC(=O)C(C)N)nc12. The number of thiazole rings is 1. The van der Waals surface area contributed by atoms with Crippen molar-refractivity contribution >= 4 is 32.6 Å². The summed E-state index contributed by atoms with van der Waals surface area (Å²) >= 11 is 1.46. The summed E-state index contributed by atoms with van der Waals surface area (Å²) in [5, 5.41) is 3.30. The first-order valence-corrected chi connectivity index (χ1v) is 5.82. The zero-order valence-electron chi connectivity index (χ0n) is 9.15. The first kappa shape index (κ1) is 11.0. The Kier molecular flexibility index (Phi) is 2.89. The molecule has 16 heavy (non-hydrogen) atoms. The molecule has 5 heteroatoms. The van der Waals surface area contributed by atoms with Crippen LogP contribution in [0.5, 0.6) is 0 Å². The highest BCUT2D eigenvalue weighted by atomic mass is 32.1. The first-order chi connectivity index (χ1) is 7.58. The van der Waals surface area contributed by atoms with Gasteiger partial charge in [0.05, 0.1) is 16.3 Å². The molecule has 0 fully saturated rings. The second kappa shape index (κ2) is 4.19. The summed E-state index contributed by atoms with van der Waals surface area (Å²) < 4.78 is 1.07. The number of para-hydroxylation sites is 1. The van der Waals surface area contributed by atoms with Crippen LogP contribution < -0.4 is 11.1 Å². The van der Waals surface area contributed by atoms with Crippen LogP contribution in [0.15, 0.2) is 18.2 Å². The fourth-order valence-electron chi connectivity index (χ4n) is 1.36. The number of carbonyl (C=O) groups excluding carboxylic acids is 1. The summed E-state index contributed by atoms with van der Waals surface area (Å²) in [7, 11) is 0. The van der Waals surface area contributed by atoms with E-state index in [1.54, 1.807) is 6.92 Å². The molecule has 2 aromatic rings. The van der Waals surface area contributed by atoms with Crippen molar-refractivity contribution in [3.63, 3.8) is 0 Å². The molecule has 4 nitrogen and oxygen atoms in total. The Hall–Kier alpha value is -1.46. The van der Waals surface area contributed by atoms with Crippen molar-refractivity contribution in [2.75, 3.05) is 5.32 Å². The molecule has 0 aliphatic rings. The van der Waals surface area contributed by atoms with Gasteiger partial charge in [0.1, 0.15) is 0 Å². The summed E-state index contributed by atoms with van der Waals surface area (Å²) in [5.74, 6) is -0.211. The molecule has 2 rings (SSSR count). The Morgan fingerprint density at radius 1 is 1.56 bits per heavy atom. The molecule has 0 spiro atoms. The number of hydrogen-bond acceptors (Lipinski definition) is 4. The minimum absolute atomic E-state index is 0.211. The van der Waals surface area contributed by atoms with Gasteiger partial charge in [0, 0.05) is 0 Å². The fraction of sp³-hybridized carbons (Fsp3) is 0.273. The van der Waals surface area contributed by atoms with Gasteiger partial charge in [0.15, 0.2) is 5.13 Å². The van der Waals surface area contributed by atoms with Gasteiger partial charge < -0.3 is 11.1 Å². The van der Waals surface area contributed by atoms with E-state index in [1.165, 1.54) is 11.3 Å². The van der Waals surface area contributed by atoms with E-state index in [9.17, 15) is 4.79 Å². The third kappa shape index (κ3) is 2.05. The van der Waals surface area contributed by atoms with Gasteiger partial charge in [-0.3, -0.25) is 4.79 Å². The molecule has 0 radical (unpaired) electrons. The van der Waals surface area contributed by atoms with E-state index in [4.69, 9.17) is 5.73 Å². The molecule has 0 aliphatic carbocycles. The van der Waals surface area contributed by atoms with Crippen LogP contribution in [-0.4, -0.2) is 16.9 Å². The molecule has 0 saturated heterocycles. The number of hydrogen-bond donors (Lipinski definition) is 2. The van der Waals surface area contributed by atoms with Crippen LogP contribution in [0.2, 0.25) is 0 Å². The normalized spacial score (nSPS) is 12.7. The molecule has 1 aromatic heterocycles. The van der Waals surface area contributed by atoms with Crippen LogP contribution in [0.3, 0.4) is 0 Å². The van der Waals surface area contributed by atoms with Crippen LogP contribution >= 0.6 is 11.3 Å². The summed E-state index contributed by atoms with van der Waals surface area (Å²) in [5.41, 5.74) is 7.52. The zero-order chi connectivity index (χ0) is 11.7. The number of fused-ring (bicyclic) bond motifs is 1. The average molecular weight is 235 g/mol. The maximum absolute atomic E-state index is 11.4. The molecule has 0 aliphatic heterocycles. The minimum atomic E-state index is -0.520. The van der Waals surface area contributed by atoms with E-state index < -0.39 is 6.04 Å². The van der Waals surface area contributed by atoms with Gasteiger partial charge in [-0.15, -0.1) is 0 Å². The second-order valence-electron chi connectivity index (χ2n) is 3.72. The van der Waals surface area contributed by atoms with Gasteiger partial charge in [-0.1, -0.05) is 23.5 Å². The van der Waals surface area contributed by atoms with Crippen molar-refractivity contribution in [3.05, 3.63) is 23.8 Å². The number of aryl methyl sites for hydroxylation is 1. The zero-order valence-corrected chi connectivity index (χ0v) is 9.97. The summed E-state index contributed by atoms with van der Waals surface area (Å²) in [4.78, 5) is 15.8. The Morgan fingerprint density at radius 2 is 2.31 bits per heavy atom. The van der Waals surface area contributed by atoms with Crippen LogP contribution in [0, 0.1) is 6.92 Å². The number of rotatable bonds is 2. The topological polar surface area (TPSA) is 68.0 Å². The molecule has 0 bridgehead atoms. The van der Waals surface area contributed by atoms with Gasteiger partial charge in [-0.05, 0) is 25.5 Å². The lowest BCUT2D eigenvalue weighted by molar-refractivity contribution is -0.117. The number of aromatic nitrogens is 1. The maximum Gasteiger partial charge on any atom is 0.242 e. The molecule has 1 amide bonds. The number of amides is 1. The third-order valence-electron chi connectivity index (χ3n) is 2.26. The standard InChI is InChI=1S/C11H13N3OS/c1-6-4-3-5-8-9(6)13-11(16-8)14-10(15)7(2)12/h3-5,7H,12H2,1-2H3,(H,13,14,15). The number of nitrogens with zero attached hydrogens (tertiary/aromatic N) is 1. The van der Waals surface area contributed by atoms with Gasteiger partial charge >= 0.3 is 0 Å². The fourth-order valence-corrected chi connectivity index (χ4v) is 2.31. The van der Waals surface area contributed by atoms with E-state index >= 15 is 0 Å². The molecular weight excluding hydrogens is 222 g/mol. The molecule has 84 valence electrons. The highest BCUT2D eigenvalue weighted by molar-refractivity contribution is 7.22. The highest BCUT2D eigenvalue weighted by Gasteiger charge is 2.11. The van der Waals surface area contributed by atoms with Crippen molar-refractivity contribution in [3.8, 4) is 0 Å². The third-order valence-corrected chi connectivity index (χ3v) is 3.20. The largest absolute Gasteiger partial charge is 0.320 e. The number of nitrogens with two attached hydrogens (primary N) is 1. The molecule has 1 unspecified atom stereocenters.